The average molecular weight is 155 g/mol. The fraction of sp³-hybridized carbons (Fsp3) is 1.00. The number of hydrogen-bond acceptors (Lipinski definition) is 1. The van der Waals surface area contributed by atoms with Gasteiger partial charge in [-0.25, -0.2) is 0 Å². The van der Waals surface area contributed by atoms with Gasteiger partial charge in [0.25, 0.3) is 0 Å². The van der Waals surface area contributed by atoms with Crippen LogP contribution < -0.4 is 0 Å². The molecule has 0 aromatic rings. The fourth-order valence-electron chi connectivity index (χ4n) is 2.36. The molecule has 0 spiro atoms. The van der Waals surface area contributed by atoms with Crippen molar-refractivity contribution in [1.29, 1.82) is 0 Å². The molecule has 0 radical (unpaired) electrons. The van der Waals surface area contributed by atoms with Gasteiger partial charge in [0.05, 0.1) is 0 Å². The van der Waals surface area contributed by atoms with E-state index in [4.69, 9.17) is 0 Å². The predicted molar refractivity (Wildman–Crippen MR) is 49.6 cm³/mol. The topological polar surface area (TPSA) is 3.24 Å². The van der Waals surface area contributed by atoms with Crippen molar-refractivity contribution in [3.05, 3.63) is 0 Å². The molecule has 1 heteroatoms. The van der Waals surface area contributed by atoms with E-state index in [1.54, 1.807) is 0 Å². The molecule has 1 rings (SSSR count). The number of likely N-dealkylation sites (tertiary alicyclic amines) is 1. The Morgan fingerprint density at radius 1 is 1.36 bits per heavy atom. The molecular formula is C10H21N. The van der Waals surface area contributed by atoms with E-state index in [0.717, 1.165) is 17.8 Å². The summed E-state index contributed by atoms with van der Waals surface area (Å²) in [5.74, 6) is 2.73. The molecule has 1 aliphatic rings. The largest absolute Gasteiger partial charge is 0.306 e. The minimum atomic E-state index is 0.874. The molecule has 0 aliphatic carbocycles. The van der Waals surface area contributed by atoms with Crippen LogP contribution in [0.5, 0.6) is 0 Å². The average Bonchev–Trinajstić information content (AvgIpc) is 1.85. The van der Waals surface area contributed by atoms with E-state index in [0.29, 0.717) is 0 Å². The maximum Gasteiger partial charge on any atom is 0.000672 e. The van der Waals surface area contributed by atoms with E-state index in [2.05, 4.69) is 32.7 Å². The minimum absolute atomic E-state index is 0.874. The lowest BCUT2D eigenvalue weighted by molar-refractivity contribution is 0.122. The summed E-state index contributed by atoms with van der Waals surface area (Å²) in [5.41, 5.74) is 0. The van der Waals surface area contributed by atoms with Gasteiger partial charge in [0, 0.05) is 6.54 Å². The number of nitrogens with zero attached hydrogens (tertiary/aromatic N) is 1. The van der Waals surface area contributed by atoms with Crippen molar-refractivity contribution in [3.63, 3.8) is 0 Å². The zero-order chi connectivity index (χ0) is 8.43. The summed E-state index contributed by atoms with van der Waals surface area (Å²) >= 11 is 0. The first-order valence-corrected chi connectivity index (χ1v) is 4.79. The van der Waals surface area contributed by atoms with Gasteiger partial charge in [0.2, 0.25) is 0 Å². The lowest BCUT2D eigenvalue weighted by Crippen LogP contribution is -2.38. The van der Waals surface area contributed by atoms with Crippen LogP contribution in [0, 0.1) is 17.8 Å². The Labute approximate surface area is 70.8 Å². The van der Waals surface area contributed by atoms with Gasteiger partial charge in [-0.2, -0.15) is 0 Å². The van der Waals surface area contributed by atoms with Gasteiger partial charge in [0.1, 0.15) is 0 Å². The standard InChI is InChI=1S/C10H21N/c1-8(2)10-5-6-11(4)7-9(10)3/h8-10H,5-7H2,1-4H3/t9-,10?/m0/s1. The van der Waals surface area contributed by atoms with Gasteiger partial charge < -0.3 is 4.90 Å². The number of hydrogen-bond donors (Lipinski definition) is 0. The third-order valence-corrected chi connectivity index (χ3v) is 3.03. The van der Waals surface area contributed by atoms with Crippen molar-refractivity contribution in [3.8, 4) is 0 Å². The summed E-state index contributed by atoms with van der Waals surface area (Å²) in [6, 6.07) is 0. The van der Waals surface area contributed by atoms with E-state index in [1.807, 2.05) is 0 Å². The highest BCUT2D eigenvalue weighted by Crippen LogP contribution is 2.28. The number of piperidine rings is 1. The maximum absolute atomic E-state index is 2.45. The molecule has 1 heterocycles. The lowest BCUT2D eigenvalue weighted by atomic mass is 9.79. The Bertz CT molecular complexity index is 120. The highest BCUT2D eigenvalue weighted by molar-refractivity contribution is 4.77. The van der Waals surface area contributed by atoms with Crippen LogP contribution in [-0.2, 0) is 0 Å². The molecular weight excluding hydrogens is 134 g/mol. The van der Waals surface area contributed by atoms with Gasteiger partial charge >= 0.3 is 0 Å². The fourth-order valence-corrected chi connectivity index (χ4v) is 2.36. The molecule has 0 N–H and O–H groups in total. The van der Waals surface area contributed by atoms with E-state index in [-0.39, 0.29) is 0 Å². The molecule has 1 nitrogen and oxygen atoms in total. The molecule has 0 aromatic heterocycles. The van der Waals surface area contributed by atoms with Crippen LogP contribution in [0.4, 0.5) is 0 Å². The van der Waals surface area contributed by atoms with Crippen molar-refractivity contribution in [2.75, 3.05) is 20.1 Å². The van der Waals surface area contributed by atoms with Crippen LogP contribution in [0.1, 0.15) is 27.2 Å². The van der Waals surface area contributed by atoms with Crippen molar-refractivity contribution in [2.24, 2.45) is 17.8 Å². The van der Waals surface area contributed by atoms with Crippen LogP contribution >= 0.6 is 0 Å². The zero-order valence-corrected chi connectivity index (χ0v) is 8.30. The molecule has 1 saturated heterocycles. The molecule has 0 saturated carbocycles. The van der Waals surface area contributed by atoms with Gasteiger partial charge in [-0.1, -0.05) is 20.8 Å². The van der Waals surface area contributed by atoms with Crippen LogP contribution in [-0.4, -0.2) is 25.0 Å². The normalized spacial score (nSPS) is 34.6. The smallest absolute Gasteiger partial charge is 0.000672 e. The third-order valence-electron chi connectivity index (χ3n) is 3.03. The summed E-state index contributed by atoms with van der Waals surface area (Å²) in [6.45, 7) is 9.69. The van der Waals surface area contributed by atoms with E-state index < -0.39 is 0 Å². The summed E-state index contributed by atoms with van der Waals surface area (Å²) in [7, 11) is 2.23. The summed E-state index contributed by atoms with van der Waals surface area (Å²) in [6.07, 6.45) is 1.40. The molecule has 0 bridgehead atoms. The molecule has 2 atom stereocenters. The van der Waals surface area contributed by atoms with Gasteiger partial charge in [-0.05, 0) is 37.8 Å². The molecule has 1 unspecified atom stereocenters. The molecule has 11 heavy (non-hydrogen) atoms. The van der Waals surface area contributed by atoms with E-state index in [1.165, 1.54) is 19.5 Å². The Morgan fingerprint density at radius 2 is 2.00 bits per heavy atom. The van der Waals surface area contributed by atoms with Crippen LogP contribution in [0.25, 0.3) is 0 Å². The number of rotatable bonds is 1. The highest BCUT2D eigenvalue weighted by atomic mass is 15.1. The van der Waals surface area contributed by atoms with Gasteiger partial charge in [-0.15, -0.1) is 0 Å². The minimum Gasteiger partial charge on any atom is -0.306 e. The quantitative estimate of drug-likeness (QED) is 0.561. The first-order chi connectivity index (χ1) is 5.11. The van der Waals surface area contributed by atoms with Crippen molar-refractivity contribution < 1.29 is 0 Å². The van der Waals surface area contributed by atoms with Crippen molar-refractivity contribution in [2.45, 2.75) is 27.2 Å². The molecule has 0 aromatic carbocycles. The second kappa shape index (κ2) is 3.57. The Morgan fingerprint density at radius 3 is 2.45 bits per heavy atom. The third kappa shape index (κ3) is 2.19. The SMILES string of the molecule is CC(C)C1CCN(C)C[C@@H]1C. The monoisotopic (exact) mass is 155 g/mol. The summed E-state index contributed by atoms with van der Waals surface area (Å²) < 4.78 is 0. The second-order valence-electron chi connectivity index (χ2n) is 4.44. The van der Waals surface area contributed by atoms with Crippen molar-refractivity contribution in [1.82, 2.24) is 4.90 Å². The van der Waals surface area contributed by atoms with Gasteiger partial charge in [-0.3, -0.25) is 0 Å². The first kappa shape index (κ1) is 9.05. The van der Waals surface area contributed by atoms with Crippen molar-refractivity contribution >= 4 is 0 Å². The predicted octanol–water partition coefficient (Wildman–Crippen LogP) is 2.23. The highest BCUT2D eigenvalue weighted by Gasteiger charge is 2.25. The molecule has 66 valence electrons. The molecule has 0 amide bonds. The Balaban J connectivity index is 2.44. The maximum atomic E-state index is 2.45. The summed E-state index contributed by atoms with van der Waals surface area (Å²) in [4.78, 5) is 2.45. The van der Waals surface area contributed by atoms with Gasteiger partial charge in [0.15, 0.2) is 0 Å². The van der Waals surface area contributed by atoms with E-state index in [9.17, 15) is 0 Å². The zero-order valence-electron chi connectivity index (χ0n) is 8.30. The molecule has 1 aliphatic heterocycles. The Kier molecular flexibility index (Phi) is 2.94. The van der Waals surface area contributed by atoms with Crippen LogP contribution in [0.3, 0.4) is 0 Å². The second-order valence-corrected chi connectivity index (χ2v) is 4.44. The lowest BCUT2D eigenvalue weighted by Gasteiger charge is -2.37. The van der Waals surface area contributed by atoms with E-state index >= 15 is 0 Å². The molecule has 1 fully saturated rings. The Hall–Kier alpha value is -0.0400. The first-order valence-electron chi connectivity index (χ1n) is 4.79. The summed E-state index contributed by atoms with van der Waals surface area (Å²) in [5, 5.41) is 0. The van der Waals surface area contributed by atoms with Crippen LogP contribution in [0.2, 0.25) is 0 Å². The van der Waals surface area contributed by atoms with Crippen LogP contribution in [0.15, 0.2) is 0 Å².